The van der Waals surface area contributed by atoms with Crippen molar-refractivity contribution >= 4 is 22.9 Å². The molecular weight excluding hydrogens is 398 g/mol. The number of ether oxygens (including phenoxy) is 1. The molecule has 0 atom stereocenters. The fourth-order valence-corrected chi connectivity index (χ4v) is 3.51. The molecule has 4 nitrogen and oxygen atoms in total. The van der Waals surface area contributed by atoms with Crippen LogP contribution < -0.4 is 15.0 Å². The highest BCUT2D eigenvalue weighted by Gasteiger charge is 2.30. The van der Waals surface area contributed by atoms with Crippen molar-refractivity contribution in [2.45, 2.75) is 6.54 Å². The van der Waals surface area contributed by atoms with E-state index in [0.29, 0.717) is 11.4 Å². The summed E-state index contributed by atoms with van der Waals surface area (Å²) in [4.78, 5) is 14.5. The normalized spacial score (nSPS) is 12.8. The topological polar surface area (TPSA) is 41.6 Å². The molecule has 1 heterocycles. The second-order valence-corrected chi connectivity index (χ2v) is 7.07. The number of amides is 1. The van der Waals surface area contributed by atoms with Gasteiger partial charge in [0.25, 0.3) is 5.91 Å². The Hall–Kier alpha value is -3.93. The van der Waals surface area contributed by atoms with Crippen molar-refractivity contribution in [3.05, 3.63) is 108 Å². The van der Waals surface area contributed by atoms with E-state index >= 15 is 0 Å². The molecule has 1 aliphatic heterocycles. The van der Waals surface area contributed by atoms with Crippen LogP contribution in [-0.2, 0) is 11.3 Å². The Morgan fingerprint density at radius 3 is 2.35 bits per heavy atom. The second-order valence-electron chi connectivity index (χ2n) is 7.07. The highest BCUT2D eigenvalue weighted by atomic mass is 19.1. The molecule has 0 saturated heterocycles. The van der Waals surface area contributed by atoms with Crippen molar-refractivity contribution in [1.29, 1.82) is 0 Å². The average molecular weight is 418 g/mol. The van der Waals surface area contributed by atoms with Gasteiger partial charge in [0.2, 0.25) is 0 Å². The first-order valence-electron chi connectivity index (χ1n) is 9.63. The van der Waals surface area contributed by atoms with Crippen molar-refractivity contribution in [1.82, 2.24) is 0 Å². The minimum absolute atomic E-state index is 0.0192. The first kappa shape index (κ1) is 20.3. The molecule has 0 fully saturated rings. The van der Waals surface area contributed by atoms with Gasteiger partial charge in [0, 0.05) is 24.0 Å². The maximum Gasteiger partial charge on any atom is 0.257 e. The van der Waals surface area contributed by atoms with E-state index in [2.05, 4.69) is 11.9 Å². The Bertz CT molecular complexity index is 1170. The number of benzene rings is 3. The molecule has 3 aromatic carbocycles. The number of halogens is 2. The van der Waals surface area contributed by atoms with E-state index < -0.39 is 17.5 Å². The smallest absolute Gasteiger partial charge is 0.257 e. The SMILES string of the molecule is C=C1C(C(=O)Nc2ccccc2)=CN(Cc2ccc(OC)cc2)c2c(F)ccc(F)c21. The Morgan fingerprint density at radius 2 is 1.68 bits per heavy atom. The molecular formula is C25H20F2N2O2. The lowest BCUT2D eigenvalue weighted by atomic mass is 9.92. The zero-order chi connectivity index (χ0) is 22.0. The molecule has 0 spiro atoms. The number of carbonyl (C=O) groups excluding carboxylic acids is 1. The maximum atomic E-state index is 14.8. The number of fused-ring (bicyclic) bond motifs is 1. The fraction of sp³-hybridized carbons (Fsp3) is 0.0800. The quantitative estimate of drug-likeness (QED) is 0.592. The molecule has 0 aromatic heterocycles. The van der Waals surface area contributed by atoms with E-state index in [0.717, 1.165) is 17.7 Å². The number of anilines is 2. The molecule has 6 heteroatoms. The van der Waals surface area contributed by atoms with E-state index in [-0.39, 0.29) is 28.9 Å². The molecule has 1 amide bonds. The fourth-order valence-electron chi connectivity index (χ4n) is 3.51. The molecule has 0 unspecified atom stereocenters. The monoisotopic (exact) mass is 418 g/mol. The average Bonchev–Trinajstić information content (AvgIpc) is 2.78. The lowest BCUT2D eigenvalue weighted by Crippen LogP contribution is -2.27. The number of nitrogens with zero attached hydrogens (tertiary/aromatic N) is 1. The minimum Gasteiger partial charge on any atom is -0.497 e. The van der Waals surface area contributed by atoms with Crippen LogP contribution in [0.5, 0.6) is 5.75 Å². The van der Waals surface area contributed by atoms with Gasteiger partial charge in [-0.15, -0.1) is 0 Å². The van der Waals surface area contributed by atoms with Crippen LogP contribution in [0.4, 0.5) is 20.2 Å². The largest absolute Gasteiger partial charge is 0.497 e. The highest BCUT2D eigenvalue weighted by Crippen LogP contribution is 2.40. The molecule has 31 heavy (non-hydrogen) atoms. The zero-order valence-electron chi connectivity index (χ0n) is 16.9. The molecule has 0 aliphatic carbocycles. The molecule has 0 bridgehead atoms. The summed E-state index contributed by atoms with van der Waals surface area (Å²) in [5, 5.41) is 2.78. The van der Waals surface area contributed by atoms with E-state index in [1.54, 1.807) is 43.5 Å². The molecule has 0 saturated carbocycles. The Kier molecular flexibility index (Phi) is 5.54. The maximum absolute atomic E-state index is 14.8. The third-order valence-corrected chi connectivity index (χ3v) is 5.07. The predicted molar refractivity (Wildman–Crippen MR) is 118 cm³/mol. The summed E-state index contributed by atoms with van der Waals surface area (Å²) in [5.41, 5.74) is 1.75. The van der Waals surface area contributed by atoms with Gasteiger partial charge in [0.1, 0.15) is 17.4 Å². The van der Waals surface area contributed by atoms with Crippen molar-refractivity contribution in [2.75, 3.05) is 17.3 Å². The molecule has 4 rings (SSSR count). The zero-order valence-corrected chi connectivity index (χ0v) is 16.9. The standard InChI is InChI=1S/C25H20F2N2O2/c1-16-20(25(30)28-18-6-4-3-5-7-18)15-29(14-17-8-10-19(31-2)11-9-17)24-22(27)13-12-21(26)23(16)24/h3-13,15H,1,14H2,2H3,(H,28,30). The van der Waals surface area contributed by atoms with Crippen molar-refractivity contribution in [3.63, 3.8) is 0 Å². The number of para-hydroxylation sites is 1. The van der Waals surface area contributed by atoms with Gasteiger partial charge in [0.05, 0.1) is 18.4 Å². The van der Waals surface area contributed by atoms with Gasteiger partial charge < -0.3 is 15.0 Å². The van der Waals surface area contributed by atoms with Crippen molar-refractivity contribution in [3.8, 4) is 5.75 Å². The number of rotatable bonds is 5. The molecule has 1 N–H and O–H groups in total. The molecule has 1 aliphatic rings. The van der Waals surface area contributed by atoms with Gasteiger partial charge in [-0.2, -0.15) is 0 Å². The molecule has 0 radical (unpaired) electrons. The van der Waals surface area contributed by atoms with E-state index in [4.69, 9.17) is 4.74 Å². The Balaban J connectivity index is 1.74. The lowest BCUT2D eigenvalue weighted by Gasteiger charge is -2.31. The number of carbonyl (C=O) groups is 1. The van der Waals surface area contributed by atoms with Gasteiger partial charge in [-0.1, -0.05) is 36.9 Å². The number of hydrogen-bond acceptors (Lipinski definition) is 3. The summed E-state index contributed by atoms with van der Waals surface area (Å²) in [6, 6.07) is 18.3. The van der Waals surface area contributed by atoms with E-state index in [9.17, 15) is 13.6 Å². The van der Waals surface area contributed by atoms with Gasteiger partial charge in [0.15, 0.2) is 0 Å². The lowest BCUT2D eigenvalue weighted by molar-refractivity contribution is -0.112. The first-order valence-corrected chi connectivity index (χ1v) is 9.63. The van der Waals surface area contributed by atoms with Crippen LogP contribution >= 0.6 is 0 Å². The van der Waals surface area contributed by atoms with Gasteiger partial charge in [-0.25, -0.2) is 8.78 Å². The van der Waals surface area contributed by atoms with Crippen LogP contribution in [0.25, 0.3) is 5.57 Å². The first-order chi connectivity index (χ1) is 15.0. The van der Waals surface area contributed by atoms with Gasteiger partial charge in [-0.05, 0) is 47.5 Å². The van der Waals surface area contributed by atoms with Gasteiger partial charge in [-0.3, -0.25) is 4.79 Å². The van der Waals surface area contributed by atoms with Crippen molar-refractivity contribution in [2.24, 2.45) is 0 Å². The number of nitrogens with one attached hydrogen (secondary N) is 1. The summed E-state index contributed by atoms with van der Waals surface area (Å²) >= 11 is 0. The number of hydrogen-bond donors (Lipinski definition) is 1. The summed E-state index contributed by atoms with van der Waals surface area (Å²) in [7, 11) is 1.57. The summed E-state index contributed by atoms with van der Waals surface area (Å²) in [6.07, 6.45) is 1.51. The Morgan fingerprint density at radius 1 is 1.00 bits per heavy atom. The van der Waals surface area contributed by atoms with Crippen LogP contribution in [0, 0.1) is 11.6 Å². The van der Waals surface area contributed by atoms with Gasteiger partial charge >= 0.3 is 0 Å². The molecule has 156 valence electrons. The molecule has 3 aromatic rings. The van der Waals surface area contributed by atoms with E-state index in [1.807, 2.05) is 18.2 Å². The van der Waals surface area contributed by atoms with E-state index in [1.165, 1.54) is 11.1 Å². The number of methoxy groups -OCH3 is 1. The predicted octanol–water partition coefficient (Wildman–Crippen LogP) is 5.53. The van der Waals surface area contributed by atoms with Crippen molar-refractivity contribution < 1.29 is 18.3 Å². The third-order valence-electron chi connectivity index (χ3n) is 5.07. The van der Waals surface area contributed by atoms with Crippen LogP contribution in [0.1, 0.15) is 11.1 Å². The summed E-state index contributed by atoms with van der Waals surface area (Å²) in [6.45, 7) is 4.12. The third kappa shape index (κ3) is 4.05. The van der Waals surface area contributed by atoms with Crippen LogP contribution in [-0.4, -0.2) is 13.0 Å². The minimum atomic E-state index is -0.640. The van der Waals surface area contributed by atoms with Crippen LogP contribution in [0.3, 0.4) is 0 Å². The Labute approximate surface area is 179 Å². The van der Waals surface area contributed by atoms with Crippen LogP contribution in [0.15, 0.2) is 85.1 Å². The summed E-state index contributed by atoms with van der Waals surface area (Å²) < 4.78 is 34.7. The van der Waals surface area contributed by atoms with Crippen LogP contribution in [0.2, 0.25) is 0 Å². The second kappa shape index (κ2) is 8.44. The summed E-state index contributed by atoms with van der Waals surface area (Å²) in [5.74, 6) is -0.999. The highest BCUT2D eigenvalue weighted by molar-refractivity contribution is 6.16.